The smallest absolute Gasteiger partial charge is 0.272 e. The van der Waals surface area contributed by atoms with Crippen molar-refractivity contribution in [1.82, 2.24) is 20.4 Å². The molecule has 0 saturated carbocycles. The van der Waals surface area contributed by atoms with E-state index in [1.54, 1.807) is 4.57 Å². The number of hydrazine groups is 1. The summed E-state index contributed by atoms with van der Waals surface area (Å²) in [6, 6.07) is 10.1. The Kier molecular flexibility index (Phi) is 5.98. The molecule has 0 atom stereocenters. The summed E-state index contributed by atoms with van der Waals surface area (Å²) in [4.78, 5) is 28.9. The molecule has 0 aliphatic heterocycles. The van der Waals surface area contributed by atoms with Gasteiger partial charge in [-0.2, -0.15) is 0 Å². The van der Waals surface area contributed by atoms with Crippen molar-refractivity contribution >= 4 is 22.8 Å². The first-order chi connectivity index (χ1) is 13.5. The van der Waals surface area contributed by atoms with Gasteiger partial charge in [-0.3, -0.25) is 20.4 Å². The predicted molar refractivity (Wildman–Crippen MR) is 100 cm³/mol. The number of unbranched alkanes of at least 4 members (excludes halogenated alkanes) is 1. The fourth-order valence-corrected chi connectivity index (χ4v) is 2.88. The number of aryl methyl sites for hydroxylation is 1. The summed E-state index contributed by atoms with van der Waals surface area (Å²) in [5, 5.41) is 0. The van der Waals surface area contributed by atoms with Gasteiger partial charge < -0.3 is 4.57 Å². The van der Waals surface area contributed by atoms with Crippen molar-refractivity contribution in [2.24, 2.45) is 0 Å². The molecule has 8 heteroatoms. The van der Waals surface area contributed by atoms with E-state index in [-0.39, 0.29) is 12.1 Å². The van der Waals surface area contributed by atoms with Gasteiger partial charge in [-0.1, -0.05) is 25.5 Å². The number of rotatable bonds is 6. The molecule has 0 spiro atoms. The van der Waals surface area contributed by atoms with Crippen LogP contribution in [0, 0.1) is 11.6 Å². The van der Waals surface area contributed by atoms with Gasteiger partial charge in [-0.15, -0.1) is 0 Å². The van der Waals surface area contributed by atoms with Crippen molar-refractivity contribution in [3.63, 3.8) is 0 Å². The maximum atomic E-state index is 13.7. The van der Waals surface area contributed by atoms with Crippen LogP contribution in [0.1, 0.15) is 35.9 Å². The van der Waals surface area contributed by atoms with Gasteiger partial charge in [-0.25, -0.2) is 13.8 Å². The molecule has 0 bridgehead atoms. The largest absolute Gasteiger partial charge is 0.318 e. The van der Waals surface area contributed by atoms with Gasteiger partial charge in [-0.05, 0) is 30.7 Å². The zero-order chi connectivity index (χ0) is 20.1. The Labute approximate surface area is 160 Å². The van der Waals surface area contributed by atoms with E-state index in [9.17, 15) is 18.4 Å². The first-order valence-electron chi connectivity index (χ1n) is 8.98. The number of carbonyl (C=O) groups is 2. The van der Waals surface area contributed by atoms with Crippen LogP contribution < -0.4 is 10.9 Å². The molecule has 28 heavy (non-hydrogen) atoms. The SMILES string of the molecule is CCCCc1nc2ccccc2n1CC(=O)NNC(=O)c1ccc(F)cc1F. The van der Waals surface area contributed by atoms with Crippen LogP contribution in [0.15, 0.2) is 42.5 Å². The maximum absolute atomic E-state index is 13.7. The predicted octanol–water partition coefficient (Wildman–Crippen LogP) is 3.12. The molecule has 6 nitrogen and oxygen atoms in total. The molecule has 3 aromatic rings. The highest BCUT2D eigenvalue weighted by molar-refractivity contribution is 5.95. The number of aromatic nitrogens is 2. The molecular formula is C20H20F2N4O2. The lowest BCUT2D eigenvalue weighted by atomic mass is 10.2. The van der Waals surface area contributed by atoms with Crippen LogP contribution in [0.4, 0.5) is 8.78 Å². The van der Waals surface area contributed by atoms with Gasteiger partial charge in [0.15, 0.2) is 0 Å². The summed E-state index contributed by atoms with van der Waals surface area (Å²) >= 11 is 0. The van der Waals surface area contributed by atoms with Crippen LogP contribution in [0.5, 0.6) is 0 Å². The monoisotopic (exact) mass is 386 g/mol. The van der Waals surface area contributed by atoms with Crippen LogP contribution in [0.25, 0.3) is 11.0 Å². The van der Waals surface area contributed by atoms with E-state index in [0.717, 1.165) is 48.3 Å². The minimum Gasteiger partial charge on any atom is -0.318 e. The van der Waals surface area contributed by atoms with Crippen molar-refractivity contribution in [2.45, 2.75) is 32.7 Å². The third kappa shape index (κ3) is 4.33. The number of hydrogen-bond donors (Lipinski definition) is 2. The number of nitrogens with one attached hydrogen (secondary N) is 2. The Morgan fingerprint density at radius 2 is 1.89 bits per heavy atom. The maximum Gasteiger partial charge on any atom is 0.272 e. The number of amides is 2. The molecule has 146 valence electrons. The van der Waals surface area contributed by atoms with Crippen LogP contribution >= 0.6 is 0 Å². The number of para-hydroxylation sites is 2. The molecule has 0 radical (unpaired) electrons. The zero-order valence-corrected chi connectivity index (χ0v) is 15.3. The van der Waals surface area contributed by atoms with Gasteiger partial charge in [0.05, 0.1) is 16.6 Å². The second kappa shape index (κ2) is 8.60. The first kappa shape index (κ1) is 19.5. The second-order valence-electron chi connectivity index (χ2n) is 6.33. The highest BCUT2D eigenvalue weighted by atomic mass is 19.1. The van der Waals surface area contributed by atoms with Gasteiger partial charge >= 0.3 is 0 Å². The van der Waals surface area contributed by atoms with E-state index in [0.29, 0.717) is 6.07 Å². The molecule has 0 saturated heterocycles. The minimum absolute atomic E-state index is 0.0499. The third-order valence-corrected chi connectivity index (χ3v) is 4.28. The number of benzene rings is 2. The highest BCUT2D eigenvalue weighted by Crippen LogP contribution is 2.17. The number of carbonyl (C=O) groups excluding carboxylic acids is 2. The lowest BCUT2D eigenvalue weighted by molar-refractivity contribution is -0.122. The van der Waals surface area contributed by atoms with Crippen LogP contribution in [0.3, 0.4) is 0 Å². The Morgan fingerprint density at radius 1 is 1.11 bits per heavy atom. The lowest BCUT2D eigenvalue weighted by Gasteiger charge is -2.11. The number of halogens is 2. The second-order valence-corrected chi connectivity index (χ2v) is 6.33. The molecule has 2 aromatic carbocycles. The Bertz CT molecular complexity index is 1020. The molecule has 0 unspecified atom stereocenters. The summed E-state index contributed by atoms with van der Waals surface area (Å²) in [6.07, 6.45) is 2.66. The molecule has 0 fully saturated rings. The molecule has 0 aliphatic rings. The molecular weight excluding hydrogens is 366 g/mol. The topological polar surface area (TPSA) is 76.0 Å². The summed E-state index contributed by atoms with van der Waals surface area (Å²) in [5.41, 5.74) is 5.66. The Balaban J connectivity index is 1.70. The Hall–Kier alpha value is -3.29. The molecule has 1 aromatic heterocycles. The molecule has 1 heterocycles. The van der Waals surface area contributed by atoms with E-state index < -0.39 is 23.4 Å². The highest BCUT2D eigenvalue weighted by Gasteiger charge is 2.16. The van der Waals surface area contributed by atoms with Crippen molar-refractivity contribution < 1.29 is 18.4 Å². The van der Waals surface area contributed by atoms with Crippen LogP contribution in [-0.2, 0) is 17.8 Å². The van der Waals surface area contributed by atoms with Crippen molar-refractivity contribution in [3.8, 4) is 0 Å². The van der Waals surface area contributed by atoms with Gasteiger partial charge in [0.25, 0.3) is 11.8 Å². The number of hydrogen-bond acceptors (Lipinski definition) is 3. The fourth-order valence-electron chi connectivity index (χ4n) is 2.88. The number of fused-ring (bicyclic) bond motifs is 1. The standard InChI is InChI=1S/C20H20F2N4O2/c1-2-3-8-18-23-16-6-4-5-7-17(16)26(18)12-19(27)24-25-20(28)14-10-9-13(21)11-15(14)22/h4-7,9-11H,2-3,8,12H2,1H3,(H,24,27)(H,25,28). The summed E-state index contributed by atoms with van der Waals surface area (Å²) in [5.74, 6) is -2.36. The van der Waals surface area contributed by atoms with Crippen molar-refractivity contribution in [2.75, 3.05) is 0 Å². The zero-order valence-electron chi connectivity index (χ0n) is 15.3. The van der Waals surface area contributed by atoms with Gasteiger partial charge in [0.2, 0.25) is 0 Å². The van der Waals surface area contributed by atoms with Crippen LogP contribution in [0.2, 0.25) is 0 Å². The number of imidazole rings is 1. The van der Waals surface area contributed by atoms with E-state index in [2.05, 4.69) is 22.8 Å². The van der Waals surface area contributed by atoms with Gasteiger partial charge in [0, 0.05) is 12.5 Å². The third-order valence-electron chi connectivity index (χ3n) is 4.28. The number of nitrogens with zero attached hydrogens (tertiary/aromatic N) is 2. The van der Waals surface area contributed by atoms with Crippen molar-refractivity contribution in [1.29, 1.82) is 0 Å². The molecule has 0 aliphatic carbocycles. The summed E-state index contributed by atoms with van der Waals surface area (Å²) < 4.78 is 28.4. The fraction of sp³-hybridized carbons (Fsp3) is 0.250. The molecule has 3 rings (SSSR count). The Morgan fingerprint density at radius 3 is 2.64 bits per heavy atom. The van der Waals surface area contributed by atoms with Crippen LogP contribution in [-0.4, -0.2) is 21.4 Å². The summed E-state index contributed by atoms with van der Waals surface area (Å²) in [7, 11) is 0. The summed E-state index contributed by atoms with van der Waals surface area (Å²) in [6.45, 7) is 2.02. The lowest BCUT2D eigenvalue weighted by Crippen LogP contribution is -2.43. The van der Waals surface area contributed by atoms with E-state index in [1.165, 1.54) is 0 Å². The van der Waals surface area contributed by atoms with Crippen molar-refractivity contribution in [3.05, 3.63) is 65.5 Å². The average molecular weight is 386 g/mol. The first-order valence-corrected chi connectivity index (χ1v) is 8.98. The van der Waals surface area contributed by atoms with E-state index in [4.69, 9.17) is 0 Å². The molecule has 2 amide bonds. The minimum atomic E-state index is -1.01. The average Bonchev–Trinajstić information content (AvgIpc) is 3.02. The molecule has 2 N–H and O–H groups in total. The van der Waals surface area contributed by atoms with E-state index in [1.807, 2.05) is 24.3 Å². The van der Waals surface area contributed by atoms with Gasteiger partial charge in [0.1, 0.15) is 24.0 Å². The quantitative estimate of drug-likeness (QED) is 0.639. The normalized spacial score (nSPS) is 10.8. The van der Waals surface area contributed by atoms with E-state index >= 15 is 0 Å².